The predicted octanol–water partition coefficient (Wildman–Crippen LogP) is 4.80. The first kappa shape index (κ1) is 18.5. The highest BCUT2D eigenvalue weighted by atomic mass is 32.1. The number of aromatic nitrogens is 1. The summed E-state index contributed by atoms with van der Waals surface area (Å²) in [5, 5.41) is 2.69. The zero-order valence-electron chi connectivity index (χ0n) is 15.9. The third-order valence-corrected chi connectivity index (χ3v) is 5.97. The summed E-state index contributed by atoms with van der Waals surface area (Å²) in [6.07, 6.45) is 1.96. The molecule has 0 radical (unpaired) electrons. The number of carbonyl (C=O) groups excluding carboxylic acids is 1. The Morgan fingerprint density at radius 1 is 1.04 bits per heavy atom. The van der Waals surface area contributed by atoms with Crippen LogP contribution in [0.2, 0.25) is 0 Å². The molecule has 3 aromatic rings. The minimum Gasteiger partial charge on any atom is -0.497 e. The van der Waals surface area contributed by atoms with Crippen LogP contribution < -0.4 is 9.47 Å². The van der Waals surface area contributed by atoms with Crippen molar-refractivity contribution in [1.29, 1.82) is 0 Å². The summed E-state index contributed by atoms with van der Waals surface area (Å²) in [5.41, 5.74) is 2.63. The Morgan fingerprint density at radius 3 is 2.32 bits per heavy atom. The molecular formula is C22H22N2O3S. The van der Waals surface area contributed by atoms with E-state index in [1.807, 2.05) is 58.8 Å². The number of rotatable bonds is 5. The SMILES string of the molecule is COc1ccc(-c2nc(C(=O)N3CCC[C@@H]3c3ccc(OC)cc3)cs2)cc1. The maximum atomic E-state index is 13.1. The first-order valence-electron chi connectivity index (χ1n) is 9.24. The molecular weight excluding hydrogens is 372 g/mol. The van der Waals surface area contributed by atoms with Crippen LogP contribution in [0.15, 0.2) is 53.9 Å². The highest BCUT2D eigenvalue weighted by Crippen LogP contribution is 2.34. The third-order valence-electron chi connectivity index (χ3n) is 5.07. The first-order valence-corrected chi connectivity index (χ1v) is 10.1. The molecule has 28 heavy (non-hydrogen) atoms. The summed E-state index contributed by atoms with van der Waals surface area (Å²) in [7, 11) is 3.30. The molecule has 1 aromatic heterocycles. The topological polar surface area (TPSA) is 51.7 Å². The van der Waals surface area contributed by atoms with Crippen molar-refractivity contribution in [1.82, 2.24) is 9.88 Å². The van der Waals surface area contributed by atoms with Crippen LogP contribution in [0.4, 0.5) is 0 Å². The number of carbonyl (C=O) groups is 1. The lowest BCUT2D eigenvalue weighted by atomic mass is 10.0. The van der Waals surface area contributed by atoms with Crippen LogP contribution >= 0.6 is 11.3 Å². The van der Waals surface area contributed by atoms with E-state index in [0.29, 0.717) is 5.69 Å². The molecule has 2 aromatic carbocycles. The lowest BCUT2D eigenvalue weighted by Crippen LogP contribution is -2.30. The zero-order chi connectivity index (χ0) is 19.5. The number of likely N-dealkylation sites (tertiary alicyclic amines) is 1. The van der Waals surface area contributed by atoms with Crippen LogP contribution in [-0.4, -0.2) is 36.6 Å². The summed E-state index contributed by atoms with van der Waals surface area (Å²) in [6.45, 7) is 0.755. The number of thiazole rings is 1. The summed E-state index contributed by atoms with van der Waals surface area (Å²) in [4.78, 5) is 19.7. The van der Waals surface area contributed by atoms with Crippen molar-refractivity contribution in [2.45, 2.75) is 18.9 Å². The molecule has 1 aliphatic heterocycles. The lowest BCUT2D eigenvalue weighted by Gasteiger charge is -2.24. The van der Waals surface area contributed by atoms with E-state index >= 15 is 0 Å². The van der Waals surface area contributed by atoms with Crippen LogP contribution in [0.1, 0.15) is 34.9 Å². The molecule has 1 aliphatic rings. The predicted molar refractivity (Wildman–Crippen MR) is 110 cm³/mol. The number of hydrogen-bond acceptors (Lipinski definition) is 5. The van der Waals surface area contributed by atoms with Crippen molar-refractivity contribution in [2.24, 2.45) is 0 Å². The molecule has 4 rings (SSSR count). The van der Waals surface area contributed by atoms with E-state index in [1.165, 1.54) is 11.3 Å². The van der Waals surface area contributed by atoms with E-state index in [-0.39, 0.29) is 11.9 Å². The van der Waals surface area contributed by atoms with Gasteiger partial charge in [-0.2, -0.15) is 0 Å². The Hall–Kier alpha value is -2.86. The van der Waals surface area contributed by atoms with Crippen molar-refractivity contribution >= 4 is 17.2 Å². The second kappa shape index (κ2) is 8.02. The number of methoxy groups -OCH3 is 2. The van der Waals surface area contributed by atoms with Crippen LogP contribution in [0, 0.1) is 0 Å². The summed E-state index contributed by atoms with van der Waals surface area (Å²) in [6, 6.07) is 15.8. The zero-order valence-corrected chi connectivity index (χ0v) is 16.7. The van der Waals surface area contributed by atoms with Gasteiger partial charge in [-0.05, 0) is 54.8 Å². The van der Waals surface area contributed by atoms with Crippen molar-refractivity contribution in [2.75, 3.05) is 20.8 Å². The molecule has 0 unspecified atom stereocenters. The fraction of sp³-hybridized carbons (Fsp3) is 0.273. The van der Waals surface area contributed by atoms with Crippen LogP contribution in [0.25, 0.3) is 10.6 Å². The van der Waals surface area contributed by atoms with Crippen LogP contribution in [-0.2, 0) is 0 Å². The lowest BCUT2D eigenvalue weighted by molar-refractivity contribution is 0.0730. The van der Waals surface area contributed by atoms with Crippen LogP contribution in [0.3, 0.4) is 0 Å². The van der Waals surface area contributed by atoms with Gasteiger partial charge in [-0.3, -0.25) is 4.79 Å². The minimum atomic E-state index is -0.00525. The molecule has 1 fully saturated rings. The van der Waals surface area contributed by atoms with Gasteiger partial charge in [-0.1, -0.05) is 12.1 Å². The average molecular weight is 394 g/mol. The van der Waals surface area contributed by atoms with Gasteiger partial charge in [0.1, 0.15) is 22.2 Å². The van der Waals surface area contributed by atoms with Gasteiger partial charge in [0, 0.05) is 17.5 Å². The maximum Gasteiger partial charge on any atom is 0.273 e. The molecule has 0 spiro atoms. The summed E-state index contributed by atoms with van der Waals surface area (Å²) in [5.74, 6) is 1.62. The third kappa shape index (κ3) is 3.60. The summed E-state index contributed by atoms with van der Waals surface area (Å²) < 4.78 is 10.4. The van der Waals surface area contributed by atoms with Gasteiger partial charge in [-0.25, -0.2) is 4.98 Å². The monoisotopic (exact) mass is 394 g/mol. The molecule has 5 nitrogen and oxygen atoms in total. The summed E-state index contributed by atoms with van der Waals surface area (Å²) >= 11 is 1.49. The van der Waals surface area contributed by atoms with E-state index in [1.54, 1.807) is 14.2 Å². The van der Waals surface area contributed by atoms with Gasteiger partial charge in [0.15, 0.2) is 0 Å². The maximum absolute atomic E-state index is 13.1. The number of amides is 1. The molecule has 2 heterocycles. The van der Waals surface area contributed by atoms with Gasteiger partial charge in [-0.15, -0.1) is 11.3 Å². The van der Waals surface area contributed by atoms with Gasteiger partial charge >= 0.3 is 0 Å². The van der Waals surface area contributed by atoms with E-state index in [0.717, 1.165) is 47.0 Å². The Kier molecular flexibility index (Phi) is 5.30. The highest BCUT2D eigenvalue weighted by molar-refractivity contribution is 7.13. The first-order chi connectivity index (χ1) is 13.7. The second-order valence-corrected chi connectivity index (χ2v) is 7.55. The van der Waals surface area contributed by atoms with Crippen molar-refractivity contribution in [3.05, 3.63) is 65.2 Å². The number of nitrogens with zero attached hydrogens (tertiary/aromatic N) is 2. The van der Waals surface area contributed by atoms with E-state index in [9.17, 15) is 4.79 Å². The molecule has 6 heteroatoms. The Morgan fingerprint density at radius 2 is 1.68 bits per heavy atom. The largest absolute Gasteiger partial charge is 0.497 e. The van der Waals surface area contributed by atoms with Gasteiger partial charge in [0.25, 0.3) is 5.91 Å². The van der Waals surface area contributed by atoms with E-state index < -0.39 is 0 Å². The average Bonchev–Trinajstić information content (AvgIpc) is 3.43. The van der Waals surface area contributed by atoms with Gasteiger partial charge < -0.3 is 14.4 Å². The number of benzene rings is 2. The van der Waals surface area contributed by atoms with Gasteiger partial charge in [0.05, 0.1) is 20.3 Å². The fourth-order valence-electron chi connectivity index (χ4n) is 3.57. The molecule has 0 aliphatic carbocycles. The van der Waals surface area contributed by atoms with E-state index in [4.69, 9.17) is 9.47 Å². The number of hydrogen-bond donors (Lipinski definition) is 0. The molecule has 0 N–H and O–H groups in total. The molecule has 1 atom stereocenters. The standard InChI is InChI=1S/C22H22N2O3S/c1-26-17-9-5-15(6-10-17)20-4-3-13-24(20)22(25)19-14-28-21(23-19)16-7-11-18(27-2)12-8-16/h5-12,14,20H,3-4,13H2,1-2H3/t20-/m1/s1. The van der Waals surface area contributed by atoms with Crippen molar-refractivity contribution < 1.29 is 14.3 Å². The molecule has 0 bridgehead atoms. The normalized spacial score (nSPS) is 16.2. The fourth-order valence-corrected chi connectivity index (χ4v) is 4.37. The minimum absolute atomic E-state index is 0.00525. The second-order valence-electron chi connectivity index (χ2n) is 6.70. The molecule has 0 saturated carbocycles. The van der Waals surface area contributed by atoms with Gasteiger partial charge in [0.2, 0.25) is 0 Å². The van der Waals surface area contributed by atoms with Crippen molar-refractivity contribution in [3.8, 4) is 22.1 Å². The quantitative estimate of drug-likeness (QED) is 0.623. The Balaban J connectivity index is 1.53. The van der Waals surface area contributed by atoms with E-state index in [2.05, 4.69) is 4.98 Å². The Bertz CT molecular complexity index is 951. The highest BCUT2D eigenvalue weighted by Gasteiger charge is 2.31. The molecule has 144 valence electrons. The molecule has 1 saturated heterocycles. The van der Waals surface area contributed by atoms with Crippen molar-refractivity contribution in [3.63, 3.8) is 0 Å². The smallest absolute Gasteiger partial charge is 0.273 e. The number of ether oxygens (including phenoxy) is 2. The molecule has 1 amide bonds. The van der Waals surface area contributed by atoms with Crippen LogP contribution in [0.5, 0.6) is 11.5 Å². The Labute approximate surface area is 168 Å².